The first-order valence-corrected chi connectivity index (χ1v) is 12.9. The maximum atomic E-state index is 12.0. The number of benzene rings is 2. The van der Waals surface area contributed by atoms with Crippen LogP contribution in [0.5, 0.6) is 11.5 Å². The van der Waals surface area contributed by atoms with Crippen molar-refractivity contribution >= 4 is 34.4 Å². The number of amides is 1. The van der Waals surface area contributed by atoms with Crippen LogP contribution >= 0.6 is 11.6 Å². The van der Waals surface area contributed by atoms with Gasteiger partial charge in [0.25, 0.3) is 0 Å². The molecule has 4 aromatic rings. The van der Waals surface area contributed by atoms with E-state index < -0.39 is 0 Å². The molecule has 1 unspecified atom stereocenters. The van der Waals surface area contributed by atoms with Gasteiger partial charge in [0.1, 0.15) is 29.3 Å². The first-order valence-electron chi connectivity index (χ1n) is 12.5. The zero-order valence-electron chi connectivity index (χ0n) is 20.7. The Balaban J connectivity index is 1.27. The lowest BCUT2D eigenvalue weighted by molar-refractivity contribution is -0.130. The summed E-state index contributed by atoms with van der Waals surface area (Å²) in [7, 11) is 0. The summed E-state index contributed by atoms with van der Waals surface area (Å²) >= 11 is 6.07. The average Bonchev–Trinajstić information content (AvgIpc) is 3.52. The van der Waals surface area contributed by atoms with Gasteiger partial charge in [-0.1, -0.05) is 24.2 Å². The van der Waals surface area contributed by atoms with Crippen molar-refractivity contribution < 1.29 is 14.3 Å². The van der Waals surface area contributed by atoms with E-state index in [1.54, 1.807) is 12.1 Å². The van der Waals surface area contributed by atoms with Gasteiger partial charge >= 0.3 is 0 Å². The number of hydrogen-bond donors (Lipinski definition) is 1. The maximum Gasteiger partial charge on any atom is 0.245 e. The SMILES string of the molecule is C=CC(=O)N1CCC2(CC1)CC(n1nc(-c3ccc(Oc4cccc(Cl)c4)cc3)c3c(N)ncnc31)CO2. The molecule has 4 heterocycles. The van der Waals surface area contributed by atoms with Gasteiger partial charge in [0, 0.05) is 30.1 Å². The fourth-order valence-corrected chi connectivity index (χ4v) is 5.57. The van der Waals surface area contributed by atoms with Crippen LogP contribution in [0.4, 0.5) is 5.82 Å². The van der Waals surface area contributed by atoms with Gasteiger partial charge in [-0.2, -0.15) is 5.10 Å². The van der Waals surface area contributed by atoms with Crippen LogP contribution in [-0.4, -0.2) is 55.9 Å². The highest BCUT2D eigenvalue weighted by Gasteiger charge is 2.44. The predicted octanol–water partition coefficient (Wildman–Crippen LogP) is 5.03. The number of aromatic nitrogens is 4. The molecular formula is C28H27ClN6O3. The van der Waals surface area contributed by atoms with Gasteiger partial charge in [-0.3, -0.25) is 4.79 Å². The second kappa shape index (κ2) is 9.74. The lowest BCUT2D eigenvalue weighted by atomic mass is 9.87. The third kappa shape index (κ3) is 4.48. The van der Waals surface area contributed by atoms with Crippen molar-refractivity contribution in [3.05, 3.63) is 72.5 Å². The summed E-state index contributed by atoms with van der Waals surface area (Å²) in [4.78, 5) is 22.6. The molecule has 2 fully saturated rings. The van der Waals surface area contributed by atoms with Crippen LogP contribution in [0.1, 0.15) is 25.3 Å². The van der Waals surface area contributed by atoms with Gasteiger partial charge < -0.3 is 20.1 Å². The summed E-state index contributed by atoms with van der Waals surface area (Å²) in [6.07, 6.45) is 5.18. The van der Waals surface area contributed by atoms with Gasteiger partial charge in [0.05, 0.1) is 23.6 Å². The molecule has 0 aliphatic carbocycles. The summed E-state index contributed by atoms with van der Waals surface area (Å²) in [5.41, 5.74) is 8.31. The standard InChI is InChI=1S/C28H27ClN6O3/c1-2-23(36)34-12-10-28(11-13-34)15-20(16-37-28)35-27-24(26(30)31-17-32-27)25(33-35)18-6-8-21(9-7-18)38-22-5-3-4-19(29)14-22/h2-9,14,17,20H,1,10-13,15-16H2,(H2,30,31,32). The fraction of sp³-hybridized carbons (Fsp3) is 0.286. The van der Waals surface area contributed by atoms with E-state index in [9.17, 15) is 4.79 Å². The van der Waals surface area contributed by atoms with Crippen LogP contribution in [0.25, 0.3) is 22.3 Å². The molecule has 194 valence electrons. The summed E-state index contributed by atoms with van der Waals surface area (Å²) in [6.45, 7) is 5.42. The van der Waals surface area contributed by atoms with Crippen molar-refractivity contribution in [1.82, 2.24) is 24.6 Å². The first-order chi connectivity index (χ1) is 18.4. The molecule has 1 amide bonds. The number of nitrogens with zero attached hydrogens (tertiary/aromatic N) is 5. The second-order valence-corrected chi connectivity index (χ2v) is 10.2. The number of likely N-dealkylation sites (tertiary alicyclic amines) is 1. The largest absolute Gasteiger partial charge is 0.457 e. The van der Waals surface area contributed by atoms with Crippen LogP contribution < -0.4 is 10.5 Å². The summed E-state index contributed by atoms with van der Waals surface area (Å²) in [5.74, 6) is 1.68. The maximum absolute atomic E-state index is 12.0. The van der Waals surface area contributed by atoms with E-state index in [1.165, 1.54) is 12.4 Å². The molecule has 0 bridgehead atoms. The molecule has 0 saturated carbocycles. The highest BCUT2D eigenvalue weighted by atomic mass is 35.5. The van der Waals surface area contributed by atoms with E-state index in [0.717, 1.165) is 24.8 Å². The molecule has 6 rings (SSSR count). The summed E-state index contributed by atoms with van der Waals surface area (Å²) < 4.78 is 14.2. The summed E-state index contributed by atoms with van der Waals surface area (Å²) in [6, 6.07) is 14.9. The Morgan fingerprint density at radius 1 is 1.16 bits per heavy atom. The Morgan fingerprint density at radius 3 is 2.68 bits per heavy atom. The molecule has 1 spiro atoms. The Labute approximate surface area is 224 Å². The number of nitrogen functional groups attached to an aromatic ring is 1. The number of fused-ring (bicyclic) bond motifs is 1. The number of rotatable bonds is 5. The molecule has 2 aromatic carbocycles. The Hall–Kier alpha value is -3.95. The molecule has 2 saturated heterocycles. The number of carbonyl (C=O) groups is 1. The topological polar surface area (TPSA) is 108 Å². The van der Waals surface area contributed by atoms with Crippen LogP contribution in [0.3, 0.4) is 0 Å². The van der Waals surface area contributed by atoms with Crippen molar-refractivity contribution in [3.8, 4) is 22.8 Å². The van der Waals surface area contributed by atoms with Crippen LogP contribution in [0.2, 0.25) is 5.02 Å². The Bertz CT molecular complexity index is 1510. The van der Waals surface area contributed by atoms with E-state index in [2.05, 4.69) is 16.5 Å². The minimum atomic E-state index is -0.279. The van der Waals surface area contributed by atoms with Gasteiger partial charge in [-0.25, -0.2) is 14.6 Å². The smallest absolute Gasteiger partial charge is 0.245 e. The number of carbonyl (C=O) groups excluding carboxylic acids is 1. The highest BCUT2D eigenvalue weighted by Crippen LogP contribution is 2.42. The lowest BCUT2D eigenvalue weighted by Gasteiger charge is -2.38. The molecule has 2 N–H and O–H groups in total. The average molecular weight is 531 g/mol. The third-order valence-electron chi connectivity index (χ3n) is 7.37. The zero-order valence-corrected chi connectivity index (χ0v) is 21.5. The van der Waals surface area contributed by atoms with Crippen molar-refractivity contribution in [2.45, 2.75) is 30.9 Å². The molecule has 2 aliphatic rings. The van der Waals surface area contributed by atoms with E-state index in [4.69, 9.17) is 31.9 Å². The molecule has 9 nitrogen and oxygen atoms in total. The molecule has 0 radical (unpaired) electrons. The number of nitrogens with two attached hydrogens (primary N) is 1. The number of halogens is 1. The zero-order chi connectivity index (χ0) is 26.3. The normalized spacial score (nSPS) is 18.7. The second-order valence-electron chi connectivity index (χ2n) is 9.72. The third-order valence-corrected chi connectivity index (χ3v) is 7.61. The van der Waals surface area contributed by atoms with Crippen LogP contribution in [0, 0.1) is 0 Å². The fourth-order valence-electron chi connectivity index (χ4n) is 5.39. The highest BCUT2D eigenvalue weighted by molar-refractivity contribution is 6.30. The number of ether oxygens (including phenoxy) is 2. The van der Waals surface area contributed by atoms with Crippen molar-refractivity contribution in [2.24, 2.45) is 0 Å². The number of piperidine rings is 1. The molecule has 38 heavy (non-hydrogen) atoms. The quantitative estimate of drug-likeness (QED) is 0.360. The number of anilines is 1. The van der Waals surface area contributed by atoms with Gasteiger partial charge in [0.2, 0.25) is 5.91 Å². The minimum absolute atomic E-state index is 0.00681. The van der Waals surface area contributed by atoms with E-state index in [0.29, 0.717) is 58.8 Å². The monoisotopic (exact) mass is 530 g/mol. The van der Waals surface area contributed by atoms with Crippen LogP contribution in [0.15, 0.2) is 67.5 Å². The minimum Gasteiger partial charge on any atom is -0.457 e. The molecule has 2 aliphatic heterocycles. The van der Waals surface area contributed by atoms with Gasteiger partial charge in [-0.05, 0) is 61.4 Å². The number of hydrogen-bond acceptors (Lipinski definition) is 7. The Morgan fingerprint density at radius 2 is 1.95 bits per heavy atom. The summed E-state index contributed by atoms with van der Waals surface area (Å²) in [5, 5.41) is 6.30. The Kier molecular flexibility index (Phi) is 6.25. The van der Waals surface area contributed by atoms with Crippen molar-refractivity contribution in [2.75, 3.05) is 25.4 Å². The van der Waals surface area contributed by atoms with Gasteiger partial charge in [-0.15, -0.1) is 0 Å². The lowest BCUT2D eigenvalue weighted by Crippen LogP contribution is -2.46. The molecule has 10 heteroatoms. The predicted molar refractivity (Wildman–Crippen MR) is 145 cm³/mol. The van der Waals surface area contributed by atoms with Crippen molar-refractivity contribution in [1.29, 1.82) is 0 Å². The molecule has 2 aromatic heterocycles. The van der Waals surface area contributed by atoms with E-state index >= 15 is 0 Å². The van der Waals surface area contributed by atoms with Gasteiger partial charge in [0.15, 0.2) is 5.65 Å². The van der Waals surface area contributed by atoms with Crippen molar-refractivity contribution in [3.63, 3.8) is 0 Å². The first kappa shape index (κ1) is 24.4. The van der Waals surface area contributed by atoms with Crippen LogP contribution in [-0.2, 0) is 9.53 Å². The molecular weight excluding hydrogens is 504 g/mol. The molecule has 1 atom stereocenters. The van der Waals surface area contributed by atoms with E-state index in [1.807, 2.05) is 46.0 Å². The van der Waals surface area contributed by atoms with E-state index in [-0.39, 0.29) is 17.6 Å².